The van der Waals surface area contributed by atoms with Crippen molar-refractivity contribution in [1.29, 1.82) is 0 Å². The number of morpholine rings is 1. The van der Waals surface area contributed by atoms with Crippen molar-refractivity contribution in [3.63, 3.8) is 0 Å². The Kier molecular flexibility index (Phi) is 6.04. The lowest BCUT2D eigenvalue weighted by atomic mass is 10.2. The number of carboxylic acid groups (broad SMARTS) is 1. The Balaban J connectivity index is 2.63. The molecule has 0 aromatic rings. The first kappa shape index (κ1) is 15.7. The number of carbonyl (C=O) groups excluding carboxylic acids is 1. The molecule has 0 saturated carbocycles. The van der Waals surface area contributed by atoms with Crippen LogP contribution >= 0.6 is 0 Å². The van der Waals surface area contributed by atoms with E-state index in [0.29, 0.717) is 19.7 Å². The van der Waals surface area contributed by atoms with Crippen molar-refractivity contribution in [2.75, 3.05) is 32.8 Å². The van der Waals surface area contributed by atoms with Gasteiger partial charge in [0.15, 0.2) is 0 Å². The predicted molar refractivity (Wildman–Crippen MR) is 67.9 cm³/mol. The Morgan fingerprint density at radius 3 is 2.68 bits per heavy atom. The van der Waals surface area contributed by atoms with Gasteiger partial charge in [0.1, 0.15) is 0 Å². The number of carbonyl (C=O) groups is 2. The van der Waals surface area contributed by atoms with Gasteiger partial charge >= 0.3 is 12.0 Å². The van der Waals surface area contributed by atoms with Gasteiger partial charge in [-0.2, -0.15) is 0 Å². The quantitative estimate of drug-likeness (QED) is 0.735. The summed E-state index contributed by atoms with van der Waals surface area (Å²) in [6.45, 7) is 4.93. The fraction of sp³-hybridized carbons (Fsp3) is 0.833. The molecule has 1 heterocycles. The summed E-state index contributed by atoms with van der Waals surface area (Å²) in [7, 11) is 0. The van der Waals surface area contributed by atoms with E-state index in [-0.39, 0.29) is 37.7 Å². The number of aliphatic hydroxyl groups excluding tert-OH is 1. The topological polar surface area (TPSA) is 90.3 Å². The molecule has 110 valence electrons. The molecule has 7 heteroatoms. The molecule has 1 aliphatic heterocycles. The van der Waals surface area contributed by atoms with Crippen LogP contribution in [-0.2, 0) is 9.53 Å². The maximum atomic E-state index is 12.3. The fourth-order valence-corrected chi connectivity index (χ4v) is 2.00. The highest BCUT2D eigenvalue weighted by molar-refractivity contribution is 5.76. The smallest absolute Gasteiger partial charge is 0.320 e. The zero-order chi connectivity index (χ0) is 14.4. The number of hydrogen-bond donors (Lipinski definition) is 2. The van der Waals surface area contributed by atoms with E-state index in [0.717, 1.165) is 0 Å². The molecule has 1 fully saturated rings. The van der Waals surface area contributed by atoms with E-state index in [9.17, 15) is 9.59 Å². The average Bonchev–Trinajstić information content (AvgIpc) is 2.39. The van der Waals surface area contributed by atoms with Crippen LogP contribution < -0.4 is 0 Å². The molecule has 1 rings (SSSR count). The summed E-state index contributed by atoms with van der Waals surface area (Å²) in [6.07, 6.45) is -0.430. The third kappa shape index (κ3) is 4.36. The van der Waals surface area contributed by atoms with Crippen LogP contribution in [0.3, 0.4) is 0 Å². The van der Waals surface area contributed by atoms with E-state index in [1.165, 1.54) is 4.90 Å². The van der Waals surface area contributed by atoms with Crippen molar-refractivity contribution >= 4 is 12.0 Å². The zero-order valence-corrected chi connectivity index (χ0v) is 11.4. The van der Waals surface area contributed by atoms with Crippen LogP contribution in [0.25, 0.3) is 0 Å². The second kappa shape index (κ2) is 7.30. The highest BCUT2D eigenvalue weighted by Gasteiger charge is 2.31. The minimum absolute atomic E-state index is 0.0677. The second-order valence-corrected chi connectivity index (χ2v) is 4.65. The Hall–Kier alpha value is -1.34. The molecule has 0 spiro atoms. The van der Waals surface area contributed by atoms with Crippen LogP contribution in [0, 0.1) is 0 Å². The molecule has 7 nitrogen and oxygen atoms in total. The van der Waals surface area contributed by atoms with E-state index in [1.807, 2.05) is 13.8 Å². The molecule has 19 heavy (non-hydrogen) atoms. The molecular weight excluding hydrogens is 252 g/mol. The molecule has 1 aliphatic rings. The van der Waals surface area contributed by atoms with Crippen molar-refractivity contribution in [2.45, 2.75) is 32.4 Å². The summed E-state index contributed by atoms with van der Waals surface area (Å²) in [5.74, 6) is -0.922. The number of amides is 2. The third-order valence-electron chi connectivity index (χ3n) is 3.20. The van der Waals surface area contributed by atoms with Crippen LogP contribution in [0.4, 0.5) is 4.79 Å². The standard InChI is InChI=1S/C12H22N2O5/c1-3-13(5-4-11(16)17)12(18)14-6-10(7-15)19-8-9(14)2/h9-10,15H,3-8H2,1-2H3,(H,16,17). The highest BCUT2D eigenvalue weighted by Crippen LogP contribution is 2.14. The number of aliphatic hydroxyl groups is 1. The predicted octanol–water partition coefficient (Wildman–Crippen LogP) is -0.0154. The van der Waals surface area contributed by atoms with Crippen LogP contribution in [0.15, 0.2) is 0 Å². The van der Waals surface area contributed by atoms with Crippen molar-refractivity contribution in [2.24, 2.45) is 0 Å². The second-order valence-electron chi connectivity index (χ2n) is 4.65. The lowest BCUT2D eigenvalue weighted by Crippen LogP contribution is -2.56. The first-order valence-corrected chi connectivity index (χ1v) is 6.49. The van der Waals surface area contributed by atoms with Gasteiger partial charge in [-0.3, -0.25) is 4.79 Å². The van der Waals surface area contributed by atoms with Crippen molar-refractivity contribution in [3.8, 4) is 0 Å². The van der Waals surface area contributed by atoms with Crippen molar-refractivity contribution in [3.05, 3.63) is 0 Å². The van der Waals surface area contributed by atoms with Gasteiger partial charge in [-0.25, -0.2) is 4.79 Å². The average molecular weight is 274 g/mol. The van der Waals surface area contributed by atoms with E-state index >= 15 is 0 Å². The zero-order valence-electron chi connectivity index (χ0n) is 11.4. The van der Waals surface area contributed by atoms with Gasteiger partial charge in [-0.05, 0) is 13.8 Å². The number of ether oxygens (including phenoxy) is 1. The Labute approximate surface area is 112 Å². The van der Waals surface area contributed by atoms with Crippen LogP contribution in [0.1, 0.15) is 20.3 Å². The number of hydrogen-bond acceptors (Lipinski definition) is 4. The number of nitrogens with zero attached hydrogens (tertiary/aromatic N) is 2. The minimum Gasteiger partial charge on any atom is -0.481 e. The van der Waals surface area contributed by atoms with Gasteiger partial charge < -0.3 is 24.7 Å². The number of rotatable bonds is 5. The summed E-state index contributed by atoms with van der Waals surface area (Å²) in [5.41, 5.74) is 0. The van der Waals surface area contributed by atoms with Crippen molar-refractivity contribution in [1.82, 2.24) is 9.80 Å². The lowest BCUT2D eigenvalue weighted by molar-refractivity contribution is -0.137. The highest BCUT2D eigenvalue weighted by atomic mass is 16.5. The van der Waals surface area contributed by atoms with Crippen molar-refractivity contribution < 1.29 is 24.5 Å². The van der Waals surface area contributed by atoms with Gasteiger partial charge in [-0.1, -0.05) is 0 Å². The molecule has 2 amide bonds. The SMILES string of the molecule is CCN(CCC(=O)O)C(=O)N1CC(CO)OCC1C. The Morgan fingerprint density at radius 1 is 1.47 bits per heavy atom. The monoisotopic (exact) mass is 274 g/mol. The molecule has 0 bridgehead atoms. The molecule has 2 atom stereocenters. The largest absolute Gasteiger partial charge is 0.481 e. The molecular formula is C12H22N2O5. The lowest BCUT2D eigenvalue weighted by Gasteiger charge is -2.40. The number of urea groups is 1. The van der Waals surface area contributed by atoms with Gasteiger partial charge in [0, 0.05) is 13.1 Å². The summed E-state index contributed by atoms with van der Waals surface area (Å²) >= 11 is 0. The molecule has 0 aromatic carbocycles. The van der Waals surface area contributed by atoms with Gasteiger partial charge in [-0.15, -0.1) is 0 Å². The molecule has 0 radical (unpaired) electrons. The minimum atomic E-state index is -0.922. The van der Waals surface area contributed by atoms with E-state index in [2.05, 4.69) is 0 Å². The van der Waals surface area contributed by atoms with E-state index in [1.54, 1.807) is 4.90 Å². The van der Waals surface area contributed by atoms with Crippen LogP contribution in [-0.4, -0.2) is 77.0 Å². The van der Waals surface area contributed by atoms with Gasteiger partial charge in [0.2, 0.25) is 0 Å². The van der Waals surface area contributed by atoms with Gasteiger partial charge in [0.25, 0.3) is 0 Å². The van der Waals surface area contributed by atoms with Crippen LogP contribution in [0.2, 0.25) is 0 Å². The first-order chi connectivity index (χ1) is 8.99. The Morgan fingerprint density at radius 2 is 2.16 bits per heavy atom. The normalized spacial score (nSPS) is 23.2. The van der Waals surface area contributed by atoms with Crippen LogP contribution in [0.5, 0.6) is 0 Å². The Bertz CT molecular complexity index is 323. The van der Waals surface area contributed by atoms with E-state index < -0.39 is 5.97 Å². The molecule has 2 N–H and O–H groups in total. The molecule has 2 unspecified atom stereocenters. The molecule has 0 aliphatic carbocycles. The summed E-state index contributed by atoms with van der Waals surface area (Å²) < 4.78 is 5.37. The number of aliphatic carboxylic acids is 1. The maximum Gasteiger partial charge on any atom is 0.320 e. The van der Waals surface area contributed by atoms with Gasteiger partial charge in [0.05, 0.1) is 38.3 Å². The molecule has 1 saturated heterocycles. The maximum absolute atomic E-state index is 12.3. The summed E-state index contributed by atoms with van der Waals surface area (Å²) in [5, 5.41) is 17.8. The first-order valence-electron chi connectivity index (χ1n) is 6.49. The number of carboxylic acids is 1. The summed E-state index contributed by atoms with van der Waals surface area (Å²) in [4.78, 5) is 26.1. The fourth-order valence-electron chi connectivity index (χ4n) is 2.00. The molecule has 0 aromatic heterocycles. The summed E-state index contributed by atoms with van der Waals surface area (Å²) in [6, 6.07) is -0.271. The third-order valence-corrected chi connectivity index (χ3v) is 3.20. The van der Waals surface area contributed by atoms with E-state index in [4.69, 9.17) is 14.9 Å².